The average molecular weight is 371 g/mol. The Morgan fingerprint density at radius 2 is 1.59 bits per heavy atom. The number of imidazole rings is 1. The van der Waals surface area contributed by atoms with E-state index in [-0.39, 0.29) is 11.3 Å². The van der Waals surface area contributed by atoms with Crippen molar-refractivity contribution in [2.24, 2.45) is 0 Å². The van der Waals surface area contributed by atoms with Gasteiger partial charge in [0.05, 0.1) is 16.4 Å². The second-order valence-corrected chi connectivity index (χ2v) is 7.67. The first-order valence-electron chi connectivity index (χ1n) is 9.15. The van der Waals surface area contributed by atoms with Crippen LogP contribution in [0.4, 0.5) is 0 Å². The second-order valence-electron chi connectivity index (χ2n) is 7.23. The quantitative estimate of drug-likeness (QED) is 0.407. The normalized spacial score (nSPS) is 21.3. The zero-order valence-corrected chi connectivity index (χ0v) is 15.8. The Bertz CT molecular complexity index is 1140. The number of nitrogens with zero attached hydrogens (tertiary/aromatic N) is 2. The molecule has 0 aliphatic carbocycles. The number of halogens is 1. The molecule has 0 N–H and O–H groups in total. The molecule has 4 aromatic rings. The van der Waals surface area contributed by atoms with Crippen LogP contribution in [0.5, 0.6) is 0 Å². The predicted molar refractivity (Wildman–Crippen MR) is 112 cm³/mol. The summed E-state index contributed by atoms with van der Waals surface area (Å²) in [5.74, 6) is 1.24. The van der Waals surface area contributed by atoms with Crippen LogP contribution in [0.15, 0.2) is 84.9 Å². The fourth-order valence-electron chi connectivity index (χ4n) is 4.27. The van der Waals surface area contributed by atoms with Gasteiger partial charge < -0.3 is 4.57 Å². The number of allylic oxidation sites excluding steroid dienone is 1. The predicted octanol–water partition coefficient (Wildman–Crippen LogP) is 6.26. The van der Waals surface area contributed by atoms with Gasteiger partial charge in [0.15, 0.2) is 0 Å². The smallest absolute Gasteiger partial charge is 0.125 e. The van der Waals surface area contributed by atoms with Crippen LogP contribution in [0.1, 0.15) is 29.8 Å². The monoisotopic (exact) mass is 370 g/mol. The largest absolute Gasteiger partial charge is 0.303 e. The highest BCUT2D eigenvalue weighted by atomic mass is 35.5. The first-order chi connectivity index (χ1) is 13.2. The van der Waals surface area contributed by atoms with Crippen molar-refractivity contribution in [1.82, 2.24) is 9.55 Å². The van der Waals surface area contributed by atoms with E-state index < -0.39 is 0 Å². The summed E-state index contributed by atoms with van der Waals surface area (Å²) >= 11 is 6.14. The van der Waals surface area contributed by atoms with Crippen molar-refractivity contribution < 1.29 is 0 Å². The molecule has 0 amide bonds. The van der Waals surface area contributed by atoms with Crippen molar-refractivity contribution in [2.75, 3.05) is 0 Å². The highest BCUT2D eigenvalue weighted by molar-refractivity contribution is 6.30. The van der Waals surface area contributed by atoms with Crippen LogP contribution in [0, 0.1) is 0 Å². The van der Waals surface area contributed by atoms with Gasteiger partial charge in [-0.25, -0.2) is 4.98 Å². The van der Waals surface area contributed by atoms with Crippen LogP contribution in [0.3, 0.4) is 0 Å². The fraction of sp³-hybridized carbons (Fsp3) is 0.125. The molecular weight excluding hydrogens is 352 g/mol. The number of benzene rings is 3. The van der Waals surface area contributed by atoms with Crippen molar-refractivity contribution in [3.63, 3.8) is 0 Å². The molecule has 0 fully saturated rings. The summed E-state index contributed by atoms with van der Waals surface area (Å²) in [6.45, 7) is 2.29. The molecule has 1 aliphatic heterocycles. The van der Waals surface area contributed by atoms with Gasteiger partial charge in [-0.3, -0.25) is 0 Å². The minimum Gasteiger partial charge on any atom is -0.303 e. The summed E-state index contributed by atoms with van der Waals surface area (Å²) in [6.07, 6.45) is 4.45. The first kappa shape index (κ1) is 16.3. The molecule has 2 unspecified atom stereocenters. The Balaban J connectivity index is 1.80. The molecule has 0 bridgehead atoms. The molecule has 3 heteroatoms. The van der Waals surface area contributed by atoms with Gasteiger partial charge in [-0.05, 0) is 42.3 Å². The molecule has 1 aliphatic rings. The molecule has 0 spiro atoms. The van der Waals surface area contributed by atoms with Gasteiger partial charge >= 0.3 is 0 Å². The summed E-state index contributed by atoms with van der Waals surface area (Å²) in [4.78, 5) is 5.06. The second kappa shape index (κ2) is 6.11. The molecule has 1 aromatic heterocycles. The first-order valence-corrected chi connectivity index (χ1v) is 9.52. The van der Waals surface area contributed by atoms with E-state index in [0.29, 0.717) is 0 Å². The highest BCUT2D eigenvalue weighted by Crippen LogP contribution is 2.48. The molecule has 5 rings (SSSR count). The number of hydrogen-bond donors (Lipinski definition) is 0. The van der Waals surface area contributed by atoms with E-state index in [9.17, 15) is 0 Å². The number of para-hydroxylation sites is 2. The van der Waals surface area contributed by atoms with Crippen LogP contribution in [0.2, 0.25) is 5.02 Å². The Labute approximate surface area is 163 Å². The van der Waals surface area contributed by atoms with E-state index in [4.69, 9.17) is 16.6 Å². The van der Waals surface area contributed by atoms with Crippen molar-refractivity contribution in [1.29, 1.82) is 0 Å². The number of hydrogen-bond acceptors (Lipinski definition) is 1. The van der Waals surface area contributed by atoms with E-state index >= 15 is 0 Å². The molecule has 2 heterocycles. The van der Waals surface area contributed by atoms with Crippen LogP contribution >= 0.6 is 11.6 Å². The standard InChI is InChI=1S/C24H19ClN2/c1-24(18-7-3-2-4-8-18)20(17-11-13-19(25)14-12-17)15-16-27-22-10-6-5-9-21(22)26-23(24)27/h2-16,20H,1H3. The zero-order chi connectivity index (χ0) is 18.4. The Hall–Kier alpha value is -2.84. The number of rotatable bonds is 2. The maximum Gasteiger partial charge on any atom is 0.125 e. The number of fused-ring (bicyclic) bond motifs is 3. The Kier molecular flexibility index (Phi) is 3.70. The van der Waals surface area contributed by atoms with E-state index in [2.05, 4.69) is 84.4 Å². The van der Waals surface area contributed by atoms with E-state index in [1.807, 2.05) is 18.2 Å². The van der Waals surface area contributed by atoms with Crippen molar-refractivity contribution >= 4 is 28.8 Å². The molecule has 2 nitrogen and oxygen atoms in total. The average Bonchev–Trinajstić information content (AvgIpc) is 3.10. The summed E-state index contributed by atoms with van der Waals surface area (Å²) in [7, 11) is 0. The van der Waals surface area contributed by atoms with Gasteiger partial charge in [-0.15, -0.1) is 0 Å². The molecule has 0 saturated carbocycles. The van der Waals surface area contributed by atoms with E-state index in [1.165, 1.54) is 11.1 Å². The maximum absolute atomic E-state index is 6.14. The maximum atomic E-state index is 6.14. The molecule has 0 radical (unpaired) electrons. The molecule has 2 atom stereocenters. The molecule has 0 saturated heterocycles. The molecular formula is C24H19ClN2. The molecule has 27 heavy (non-hydrogen) atoms. The lowest BCUT2D eigenvalue weighted by atomic mass is 9.67. The lowest BCUT2D eigenvalue weighted by molar-refractivity contribution is 0.466. The van der Waals surface area contributed by atoms with Crippen LogP contribution < -0.4 is 0 Å². The van der Waals surface area contributed by atoms with Gasteiger partial charge in [0.1, 0.15) is 5.82 Å². The fourth-order valence-corrected chi connectivity index (χ4v) is 4.40. The topological polar surface area (TPSA) is 17.8 Å². The highest BCUT2D eigenvalue weighted by Gasteiger charge is 2.43. The summed E-state index contributed by atoms with van der Waals surface area (Å²) in [5.41, 5.74) is 4.37. The third-order valence-electron chi connectivity index (χ3n) is 5.71. The van der Waals surface area contributed by atoms with E-state index in [0.717, 1.165) is 21.9 Å². The minimum absolute atomic E-state index is 0.168. The van der Waals surface area contributed by atoms with Crippen molar-refractivity contribution in [3.05, 3.63) is 107 Å². The van der Waals surface area contributed by atoms with Crippen LogP contribution in [-0.2, 0) is 5.41 Å². The number of aromatic nitrogens is 2. The zero-order valence-electron chi connectivity index (χ0n) is 15.0. The van der Waals surface area contributed by atoms with Gasteiger partial charge in [0.25, 0.3) is 0 Å². The SMILES string of the molecule is CC1(c2ccccc2)c2nc3ccccc3n2C=CC1c1ccc(Cl)cc1. The molecule has 132 valence electrons. The van der Waals surface area contributed by atoms with Gasteiger partial charge in [0.2, 0.25) is 0 Å². The van der Waals surface area contributed by atoms with Gasteiger partial charge in [-0.1, -0.05) is 72.3 Å². The van der Waals surface area contributed by atoms with Crippen LogP contribution in [0.25, 0.3) is 17.2 Å². The Morgan fingerprint density at radius 1 is 0.889 bits per heavy atom. The lowest BCUT2D eigenvalue weighted by Crippen LogP contribution is -2.36. The summed E-state index contributed by atoms with van der Waals surface area (Å²) < 4.78 is 2.23. The minimum atomic E-state index is -0.289. The lowest BCUT2D eigenvalue weighted by Gasteiger charge is -2.39. The van der Waals surface area contributed by atoms with Crippen LogP contribution in [-0.4, -0.2) is 9.55 Å². The summed E-state index contributed by atoms with van der Waals surface area (Å²) in [6, 6.07) is 27.2. The van der Waals surface area contributed by atoms with Gasteiger partial charge in [-0.2, -0.15) is 0 Å². The molecule has 3 aromatic carbocycles. The van der Waals surface area contributed by atoms with Gasteiger partial charge in [0, 0.05) is 17.1 Å². The summed E-state index contributed by atoms with van der Waals surface area (Å²) in [5, 5.41) is 0.757. The third kappa shape index (κ3) is 2.44. The van der Waals surface area contributed by atoms with Crippen molar-refractivity contribution in [3.8, 4) is 0 Å². The van der Waals surface area contributed by atoms with E-state index in [1.54, 1.807) is 0 Å². The van der Waals surface area contributed by atoms with Crippen molar-refractivity contribution in [2.45, 2.75) is 18.3 Å². The third-order valence-corrected chi connectivity index (χ3v) is 5.96. The Morgan fingerprint density at radius 3 is 2.37 bits per heavy atom.